The molecule has 0 saturated carbocycles. The Morgan fingerprint density at radius 3 is 2.71 bits per heavy atom. The maximum absolute atomic E-state index is 12.8. The molecule has 0 unspecified atom stereocenters. The topological polar surface area (TPSA) is 61.9 Å². The van der Waals surface area contributed by atoms with Crippen LogP contribution < -0.4 is 0 Å². The number of nitriles is 1. The van der Waals surface area contributed by atoms with Crippen molar-refractivity contribution in [1.82, 2.24) is 14.7 Å². The number of rotatable bonds is 3. The lowest BCUT2D eigenvalue weighted by Gasteiger charge is -2.25. The van der Waals surface area contributed by atoms with Crippen molar-refractivity contribution in [2.45, 2.75) is 32.2 Å². The van der Waals surface area contributed by atoms with Crippen LogP contribution in [0.5, 0.6) is 0 Å². The zero-order valence-electron chi connectivity index (χ0n) is 13.8. The minimum absolute atomic E-state index is 0.00270. The molecule has 0 spiro atoms. The fraction of sp³-hybridized carbons (Fsp3) is 0.389. The van der Waals surface area contributed by atoms with Crippen molar-refractivity contribution in [3.8, 4) is 6.07 Å². The Bertz CT molecular complexity index is 804. The van der Waals surface area contributed by atoms with E-state index in [1.807, 2.05) is 31.0 Å². The SMILES string of the molecule is Cc1nn(C)c(Cl)c1[C@@H]1CCCN1C(=O)Cc1ccc(C#N)cc1. The molecule has 124 valence electrons. The van der Waals surface area contributed by atoms with Gasteiger partial charge in [0, 0.05) is 19.2 Å². The van der Waals surface area contributed by atoms with Crippen LogP contribution in [0, 0.1) is 18.3 Å². The van der Waals surface area contributed by atoms with E-state index < -0.39 is 0 Å². The lowest BCUT2D eigenvalue weighted by Crippen LogP contribution is -2.32. The number of benzene rings is 1. The predicted molar refractivity (Wildman–Crippen MR) is 91.5 cm³/mol. The minimum Gasteiger partial charge on any atom is -0.335 e. The molecular formula is C18H19ClN4O. The fourth-order valence-electron chi connectivity index (χ4n) is 3.36. The molecule has 1 aliphatic heterocycles. The normalized spacial score (nSPS) is 17.1. The zero-order valence-corrected chi connectivity index (χ0v) is 14.5. The lowest BCUT2D eigenvalue weighted by molar-refractivity contribution is -0.131. The highest BCUT2D eigenvalue weighted by Crippen LogP contribution is 2.37. The summed E-state index contributed by atoms with van der Waals surface area (Å²) in [7, 11) is 1.82. The zero-order chi connectivity index (χ0) is 17.3. The van der Waals surface area contributed by atoms with Crippen molar-refractivity contribution in [3.05, 3.63) is 51.8 Å². The molecule has 1 fully saturated rings. The van der Waals surface area contributed by atoms with E-state index in [-0.39, 0.29) is 11.9 Å². The fourth-order valence-corrected chi connectivity index (χ4v) is 3.66. The Kier molecular flexibility index (Phi) is 4.59. The van der Waals surface area contributed by atoms with E-state index in [1.54, 1.807) is 16.8 Å². The second-order valence-electron chi connectivity index (χ2n) is 6.14. The maximum atomic E-state index is 12.8. The Morgan fingerprint density at radius 1 is 1.42 bits per heavy atom. The van der Waals surface area contributed by atoms with Gasteiger partial charge in [0.15, 0.2) is 0 Å². The highest BCUT2D eigenvalue weighted by molar-refractivity contribution is 6.30. The van der Waals surface area contributed by atoms with E-state index in [9.17, 15) is 4.79 Å². The first kappa shape index (κ1) is 16.5. The van der Waals surface area contributed by atoms with Gasteiger partial charge in [0.25, 0.3) is 0 Å². The summed E-state index contributed by atoms with van der Waals surface area (Å²) < 4.78 is 1.66. The lowest BCUT2D eigenvalue weighted by atomic mass is 10.0. The highest BCUT2D eigenvalue weighted by Gasteiger charge is 2.33. The predicted octanol–water partition coefficient (Wildman–Crippen LogP) is 3.16. The standard InChI is InChI=1S/C18H19ClN4O/c1-12-17(18(19)22(2)21-12)15-4-3-9-23(15)16(24)10-13-5-7-14(11-20)8-6-13/h5-8,15H,3-4,9-10H2,1-2H3/t15-/m0/s1. The molecule has 1 atom stereocenters. The van der Waals surface area contributed by atoms with Crippen molar-refractivity contribution >= 4 is 17.5 Å². The summed E-state index contributed by atoms with van der Waals surface area (Å²) in [4.78, 5) is 14.7. The molecule has 1 amide bonds. The third-order valence-corrected chi connectivity index (χ3v) is 4.99. The number of hydrogen-bond donors (Lipinski definition) is 0. The molecule has 1 aromatic carbocycles. The number of aromatic nitrogens is 2. The average Bonchev–Trinajstić information content (AvgIpc) is 3.13. The molecule has 3 rings (SSSR count). The Labute approximate surface area is 146 Å². The largest absolute Gasteiger partial charge is 0.335 e. The van der Waals surface area contributed by atoms with Gasteiger partial charge in [-0.15, -0.1) is 0 Å². The van der Waals surface area contributed by atoms with Gasteiger partial charge < -0.3 is 4.90 Å². The number of likely N-dealkylation sites (tertiary alicyclic amines) is 1. The molecule has 24 heavy (non-hydrogen) atoms. The van der Waals surface area contributed by atoms with Crippen LogP contribution in [0.25, 0.3) is 0 Å². The molecule has 1 saturated heterocycles. The van der Waals surface area contributed by atoms with E-state index in [0.717, 1.165) is 36.2 Å². The summed E-state index contributed by atoms with van der Waals surface area (Å²) in [5.41, 5.74) is 3.36. The van der Waals surface area contributed by atoms with Crippen LogP contribution in [-0.2, 0) is 18.3 Å². The molecule has 0 aliphatic carbocycles. The van der Waals surface area contributed by atoms with Crippen LogP contribution in [0.3, 0.4) is 0 Å². The maximum Gasteiger partial charge on any atom is 0.227 e. The van der Waals surface area contributed by atoms with Crippen LogP contribution in [0.4, 0.5) is 0 Å². The van der Waals surface area contributed by atoms with Gasteiger partial charge in [-0.25, -0.2) is 0 Å². The quantitative estimate of drug-likeness (QED) is 0.860. The van der Waals surface area contributed by atoms with Gasteiger partial charge in [-0.2, -0.15) is 10.4 Å². The van der Waals surface area contributed by atoms with Gasteiger partial charge in [0.2, 0.25) is 5.91 Å². The van der Waals surface area contributed by atoms with Gasteiger partial charge >= 0.3 is 0 Å². The monoisotopic (exact) mass is 342 g/mol. The van der Waals surface area contributed by atoms with Crippen LogP contribution in [-0.4, -0.2) is 27.1 Å². The van der Waals surface area contributed by atoms with Gasteiger partial charge in [-0.3, -0.25) is 9.48 Å². The molecule has 2 heterocycles. The first-order chi connectivity index (χ1) is 11.5. The molecular weight excluding hydrogens is 324 g/mol. The van der Waals surface area contributed by atoms with Gasteiger partial charge in [0.05, 0.1) is 29.8 Å². The number of amides is 1. The first-order valence-corrected chi connectivity index (χ1v) is 8.36. The molecule has 0 N–H and O–H groups in total. The number of carbonyl (C=O) groups excluding carboxylic acids is 1. The number of nitrogens with zero attached hydrogens (tertiary/aromatic N) is 4. The molecule has 6 heteroatoms. The van der Waals surface area contributed by atoms with E-state index >= 15 is 0 Å². The second-order valence-corrected chi connectivity index (χ2v) is 6.50. The molecule has 0 radical (unpaired) electrons. The third kappa shape index (κ3) is 3.02. The van der Waals surface area contributed by atoms with Crippen LogP contribution in [0.2, 0.25) is 5.15 Å². The van der Waals surface area contributed by atoms with Gasteiger partial charge in [-0.1, -0.05) is 23.7 Å². The smallest absolute Gasteiger partial charge is 0.227 e. The minimum atomic E-state index is -0.00270. The molecule has 5 nitrogen and oxygen atoms in total. The van der Waals surface area contributed by atoms with Crippen molar-refractivity contribution in [3.63, 3.8) is 0 Å². The summed E-state index contributed by atoms with van der Waals surface area (Å²) in [6.07, 6.45) is 2.21. The van der Waals surface area contributed by atoms with Crippen LogP contribution >= 0.6 is 11.6 Å². The molecule has 0 bridgehead atoms. The van der Waals surface area contributed by atoms with E-state index in [0.29, 0.717) is 17.1 Å². The van der Waals surface area contributed by atoms with E-state index in [2.05, 4.69) is 11.2 Å². The van der Waals surface area contributed by atoms with Gasteiger partial charge in [-0.05, 0) is 37.5 Å². The van der Waals surface area contributed by atoms with Crippen molar-refractivity contribution in [2.75, 3.05) is 6.54 Å². The third-order valence-electron chi connectivity index (χ3n) is 4.54. The number of halogens is 1. The summed E-state index contributed by atoms with van der Waals surface area (Å²) in [6.45, 7) is 2.67. The van der Waals surface area contributed by atoms with Crippen LogP contribution in [0.15, 0.2) is 24.3 Å². The van der Waals surface area contributed by atoms with Gasteiger partial charge in [0.1, 0.15) is 5.15 Å². The number of aryl methyl sites for hydroxylation is 2. The first-order valence-electron chi connectivity index (χ1n) is 7.98. The van der Waals surface area contributed by atoms with Crippen molar-refractivity contribution in [2.24, 2.45) is 7.05 Å². The second kappa shape index (κ2) is 6.66. The number of hydrogen-bond acceptors (Lipinski definition) is 3. The summed E-state index contributed by atoms with van der Waals surface area (Å²) in [5.74, 6) is 0.0847. The van der Waals surface area contributed by atoms with E-state index in [1.165, 1.54) is 0 Å². The molecule has 1 aromatic heterocycles. The summed E-state index contributed by atoms with van der Waals surface area (Å²) in [6, 6.07) is 9.24. The Hall–Kier alpha value is -2.32. The Balaban J connectivity index is 1.79. The van der Waals surface area contributed by atoms with Crippen molar-refractivity contribution < 1.29 is 4.79 Å². The summed E-state index contributed by atoms with van der Waals surface area (Å²) >= 11 is 6.39. The highest BCUT2D eigenvalue weighted by atomic mass is 35.5. The molecule has 1 aliphatic rings. The Morgan fingerprint density at radius 2 is 2.12 bits per heavy atom. The van der Waals surface area contributed by atoms with Crippen LogP contribution in [0.1, 0.15) is 41.3 Å². The van der Waals surface area contributed by atoms with E-state index in [4.69, 9.17) is 16.9 Å². The summed E-state index contributed by atoms with van der Waals surface area (Å²) in [5, 5.41) is 13.8. The average molecular weight is 343 g/mol. The number of carbonyl (C=O) groups is 1. The molecule has 2 aromatic rings. The van der Waals surface area contributed by atoms with Crippen molar-refractivity contribution in [1.29, 1.82) is 5.26 Å².